The minimum atomic E-state index is 0.353. The lowest BCUT2D eigenvalue weighted by Crippen LogP contribution is -2.50. The predicted molar refractivity (Wildman–Crippen MR) is 87.6 cm³/mol. The molecular formula is C17H25N3OS. The van der Waals surface area contributed by atoms with E-state index in [1.165, 1.54) is 31.4 Å². The zero-order chi connectivity index (χ0) is 15.1. The smallest absolute Gasteiger partial charge is 0.226 e. The molecule has 4 rings (SSSR count). The fourth-order valence-corrected chi connectivity index (χ4v) is 5.22. The molecule has 120 valence electrons. The molecule has 5 heteroatoms. The van der Waals surface area contributed by atoms with Crippen molar-refractivity contribution in [1.29, 1.82) is 0 Å². The van der Waals surface area contributed by atoms with Gasteiger partial charge in [-0.2, -0.15) is 0 Å². The van der Waals surface area contributed by atoms with Gasteiger partial charge < -0.3 is 4.90 Å². The molecule has 2 heterocycles. The largest absolute Gasteiger partial charge is 0.340 e. The van der Waals surface area contributed by atoms with E-state index >= 15 is 0 Å². The first-order chi connectivity index (χ1) is 10.7. The molecule has 1 aromatic heterocycles. The second kappa shape index (κ2) is 5.93. The summed E-state index contributed by atoms with van der Waals surface area (Å²) in [4.78, 5) is 21.9. The normalized spacial score (nSPS) is 31.9. The molecule has 2 saturated carbocycles. The molecule has 1 aliphatic heterocycles. The standard InChI is InChI=1S/C17H25N3OS/c1-12-18-15(11-22-12)10-19-4-6-20(7-5-19)17(21)16-9-13-2-3-14(16)8-13/h11,13-14,16H,2-10H2,1H3/t13-,14-,16+/m0/s1. The van der Waals surface area contributed by atoms with Crippen LogP contribution in [-0.2, 0) is 11.3 Å². The van der Waals surface area contributed by atoms with Crippen molar-refractivity contribution in [3.05, 3.63) is 16.1 Å². The Morgan fingerprint density at radius 3 is 2.68 bits per heavy atom. The van der Waals surface area contributed by atoms with Gasteiger partial charge in [-0.1, -0.05) is 6.42 Å². The Kier molecular flexibility index (Phi) is 3.95. The molecule has 0 aromatic carbocycles. The third-order valence-electron chi connectivity index (χ3n) is 5.79. The highest BCUT2D eigenvalue weighted by Crippen LogP contribution is 2.48. The first-order valence-electron chi connectivity index (χ1n) is 8.61. The number of nitrogens with zero attached hydrogens (tertiary/aromatic N) is 3. The number of carbonyl (C=O) groups is 1. The van der Waals surface area contributed by atoms with E-state index in [4.69, 9.17) is 0 Å². The van der Waals surface area contributed by atoms with E-state index in [-0.39, 0.29) is 0 Å². The van der Waals surface area contributed by atoms with Gasteiger partial charge in [0, 0.05) is 44.0 Å². The Balaban J connectivity index is 1.29. The summed E-state index contributed by atoms with van der Waals surface area (Å²) in [5, 5.41) is 3.29. The van der Waals surface area contributed by atoms with Crippen molar-refractivity contribution in [1.82, 2.24) is 14.8 Å². The van der Waals surface area contributed by atoms with Crippen molar-refractivity contribution >= 4 is 17.2 Å². The number of rotatable bonds is 3. The molecule has 22 heavy (non-hydrogen) atoms. The molecular weight excluding hydrogens is 294 g/mol. The second-order valence-electron chi connectivity index (χ2n) is 7.24. The maximum absolute atomic E-state index is 12.8. The Morgan fingerprint density at radius 2 is 2.09 bits per heavy atom. The Labute approximate surface area is 136 Å². The molecule has 2 aliphatic carbocycles. The highest BCUT2D eigenvalue weighted by Gasteiger charge is 2.44. The highest BCUT2D eigenvalue weighted by atomic mass is 32.1. The average Bonchev–Trinajstić information content (AvgIpc) is 3.24. The zero-order valence-corrected chi connectivity index (χ0v) is 14.1. The summed E-state index contributed by atoms with van der Waals surface area (Å²) in [5.74, 6) is 2.37. The van der Waals surface area contributed by atoms with E-state index in [0.29, 0.717) is 17.7 Å². The summed E-state index contributed by atoms with van der Waals surface area (Å²) >= 11 is 1.72. The molecule has 3 aliphatic rings. The van der Waals surface area contributed by atoms with Crippen LogP contribution in [0.1, 0.15) is 36.4 Å². The minimum absolute atomic E-state index is 0.353. The second-order valence-corrected chi connectivity index (χ2v) is 8.30. The van der Waals surface area contributed by atoms with Gasteiger partial charge in [-0.05, 0) is 38.0 Å². The lowest BCUT2D eigenvalue weighted by molar-refractivity contribution is -0.139. The van der Waals surface area contributed by atoms with E-state index in [1.54, 1.807) is 11.3 Å². The number of hydrogen-bond donors (Lipinski definition) is 0. The quantitative estimate of drug-likeness (QED) is 0.859. The van der Waals surface area contributed by atoms with Crippen LogP contribution >= 0.6 is 11.3 Å². The van der Waals surface area contributed by atoms with Gasteiger partial charge in [0.15, 0.2) is 0 Å². The van der Waals surface area contributed by atoms with Gasteiger partial charge >= 0.3 is 0 Å². The van der Waals surface area contributed by atoms with Crippen LogP contribution in [0.4, 0.5) is 0 Å². The Hall–Kier alpha value is -0.940. The topological polar surface area (TPSA) is 36.4 Å². The third kappa shape index (κ3) is 2.81. The van der Waals surface area contributed by atoms with Crippen LogP contribution < -0.4 is 0 Å². The van der Waals surface area contributed by atoms with E-state index in [0.717, 1.165) is 43.6 Å². The lowest BCUT2D eigenvalue weighted by Gasteiger charge is -2.37. The van der Waals surface area contributed by atoms with Crippen molar-refractivity contribution in [2.45, 2.75) is 39.2 Å². The number of piperazine rings is 1. The minimum Gasteiger partial charge on any atom is -0.340 e. The number of amides is 1. The molecule has 0 N–H and O–H groups in total. The van der Waals surface area contributed by atoms with E-state index in [1.807, 2.05) is 0 Å². The maximum atomic E-state index is 12.8. The summed E-state index contributed by atoms with van der Waals surface area (Å²) in [6.45, 7) is 6.76. The fourth-order valence-electron chi connectivity index (χ4n) is 4.62. The van der Waals surface area contributed by atoms with Crippen LogP contribution in [0.5, 0.6) is 0 Å². The summed E-state index contributed by atoms with van der Waals surface area (Å²) in [5.41, 5.74) is 1.18. The fraction of sp³-hybridized carbons (Fsp3) is 0.765. The first-order valence-corrected chi connectivity index (χ1v) is 9.49. The van der Waals surface area contributed by atoms with Gasteiger partial charge in [0.2, 0.25) is 5.91 Å². The SMILES string of the molecule is Cc1nc(CN2CCN(C(=O)[C@@H]3C[C@H]4CC[C@H]3C4)CC2)cs1. The van der Waals surface area contributed by atoms with Crippen LogP contribution in [-0.4, -0.2) is 46.9 Å². The number of aryl methyl sites for hydroxylation is 1. The summed E-state index contributed by atoms with van der Waals surface area (Å²) in [6, 6.07) is 0. The molecule has 4 nitrogen and oxygen atoms in total. The van der Waals surface area contributed by atoms with Crippen molar-refractivity contribution in [2.75, 3.05) is 26.2 Å². The number of hydrogen-bond acceptors (Lipinski definition) is 4. The highest BCUT2D eigenvalue weighted by molar-refractivity contribution is 7.09. The molecule has 0 unspecified atom stereocenters. The molecule has 1 amide bonds. The van der Waals surface area contributed by atoms with Gasteiger partial charge in [0.1, 0.15) is 0 Å². The van der Waals surface area contributed by atoms with E-state index in [2.05, 4.69) is 27.1 Å². The van der Waals surface area contributed by atoms with Gasteiger partial charge in [-0.25, -0.2) is 4.98 Å². The van der Waals surface area contributed by atoms with Crippen molar-refractivity contribution in [3.8, 4) is 0 Å². The van der Waals surface area contributed by atoms with Gasteiger partial charge in [0.25, 0.3) is 0 Å². The monoisotopic (exact) mass is 319 g/mol. The molecule has 2 bridgehead atoms. The van der Waals surface area contributed by atoms with Crippen LogP contribution in [0.25, 0.3) is 0 Å². The molecule has 0 spiro atoms. The van der Waals surface area contributed by atoms with Crippen molar-refractivity contribution < 1.29 is 4.79 Å². The van der Waals surface area contributed by atoms with Gasteiger partial charge in [-0.15, -0.1) is 11.3 Å². The first kappa shape index (κ1) is 14.6. The lowest BCUT2D eigenvalue weighted by atomic mass is 9.87. The maximum Gasteiger partial charge on any atom is 0.226 e. The molecule has 1 saturated heterocycles. The van der Waals surface area contributed by atoms with Crippen molar-refractivity contribution in [2.24, 2.45) is 17.8 Å². The summed E-state index contributed by atoms with van der Waals surface area (Å²) < 4.78 is 0. The molecule has 1 aromatic rings. The summed E-state index contributed by atoms with van der Waals surface area (Å²) in [7, 11) is 0. The van der Waals surface area contributed by atoms with Gasteiger partial charge in [0.05, 0.1) is 10.7 Å². The molecule has 3 atom stereocenters. The number of carbonyl (C=O) groups excluding carboxylic acids is 1. The third-order valence-corrected chi connectivity index (χ3v) is 6.61. The van der Waals surface area contributed by atoms with Gasteiger partial charge in [-0.3, -0.25) is 9.69 Å². The Bertz CT molecular complexity index is 550. The van der Waals surface area contributed by atoms with Crippen LogP contribution in [0, 0.1) is 24.7 Å². The van der Waals surface area contributed by atoms with Crippen LogP contribution in [0.3, 0.4) is 0 Å². The summed E-state index contributed by atoms with van der Waals surface area (Å²) in [6.07, 6.45) is 5.15. The molecule has 0 radical (unpaired) electrons. The van der Waals surface area contributed by atoms with E-state index in [9.17, 15) is 4.79 Å². The zero-order valence-electron chi connectivity index (χ0n) is 13.3. The molecule has 3 fully saturated rings. The van der Waals surface area contributed by atoms with E-state index < -0.39 is 0 Å². The number of aromatic nitrogens is 1. The predicted octanol–water partition coefficient (Wildman–Crippen LogP) is 2.53. The van der Waals surface area contributed by atoms with Crippen molar-refractivity contribution in [3.63, 3.8) is 0 Å². The van der Waals surface area contributed by atoms with Crippen LogP contribution in [0.2, 0.25) is 0 Å². The number of fused-ring (bicyclic) bond motifs is 2. The Morgan fingerprint density at radius 1 is 1.27 bits per heavy atom. The average molecular weight is 319 g/mol. The number of thiazole rings is 1. The van der Waals surface area contributed by atoms with Crippen LogP contribution in [0.15, 0.2) is 5.38 Å².